The topological polar surface area (TPSA) is 119 Å². The van der Waals surface area contributed by atoms with Gasteiger partial charge in [-0.1, -0.05) is 36.1 Å². The molecule has 162 valence electrons. The molecular formula is C20H22N6O3S2. The molecular weight excluding hydrogens is 436 g/mol. The van der Waals surface area contributed by atoms with Crippen molar-refractivity contribution < 1.29 is 9.59 Å². The molecule has 2 heterocycles. The highest BCUT2D eigenvalue weighted by molar-refractivity contribution is 7.99. The molecule has 0 saturated carbocycles. The van der Waals surface area contributed by atoms with Crippen LogP contribution in [0.4, 0.5) is 10.8 Å². The zero-order chi connectivity index (χ0) is 22.5. The highest BCUT2D eigenvalue weighted by atomic mass is 32.2. The molecule has 0 saturated heterocycles. The van der Waals surface area contributed by atoms with Crippen LogP contribution in [0.2, 0.25) is 0 Å². The molecule has 0 fully saturated rings. The van der Waals surface area contributed by atoms with E-state index in [2.05, 4.69) is 25.8 Å². The molecule has 31 heavy (non-hydrogen) atoms. The molecule has 0 spiro atoms. The molecule has 3 rings (SSSR count). The summed E-state index contributed by atoms with van der Waals surface area (Å²) >= 11 is 2.41. The van der Waals surface area contributed by atoms with Crippen LogP contribution in [0.3, 0.4) is 0 Å². The molecule has 0 aliphatic carbocycles. The van der Waals surface area contributed by atoms with E-state index in [1.165, 1.54) is 29.1 Å². The number of thioether (sulfide) groups is 1. The van der Waals surface area contributed by atoms with Gasteiger partial charge in [-0.2, -0.15) is 0 Å². The lowest BCUT2D eigenvalue weighted by Gasteiger charge is -2.10. The fourth-order valence-corrected chi connectivity index (χ4v) is 4.00. The first-order valence-electron chi connectivity index (χ1n) is 9.48. The summed E-state index contributed by atoms with van der Waals surface area (Å²) in [4.78, 5) is 41.5. The Labute approximate surface area is 187 Å². The number of benzene rings is 1. The van der Waals surface area contributed by atoms with Gasteiger partial charge in [0.25, 0.3) is 11.5 Å². The highest BCUT2D eigenvalue weighted by Gasteiger charge is 2.16. The van der Waals surface area contributed by atoms with Crippen LogP contribution in [0.15, 0.2) is 34.3 Å². The van der Waals surface area contributed by atoms with E-state index in [1.807, 2.05) is 32.9 Å². The van der Waals surface area contributed by atoms with E-state index in [9.17, 15) is 14.4 Å². The molecule has 0 bridgehead atoms. The Hall–Kier alpha value is -3.05. The zero-order valence-electron chi connectivity index (χ0n) is 17.6. The average molecular weight is 459 g/mol. The third kappa shape index (κ3) is 5.56. The lowest BCUT2D eigenvalue weighted by atomic mass is 10.1. The minimum Gasteiger partial charge on any atom is -0.322 e. The van der Waals surface area contributed by atoms with E-state index in [4.69, 9.17) is 0 Å². The summed E-state index contributed by atoms with van der Waals surface area (Å²) in [6.45, 7) is 5.88. The summed E-state index contributed by atoms with van der Waals surface area (Å²) in [7, 11) is 1.51. The summed E-state index contributed by atoms with van der Waals surface area (Å²) in [5.74, 6) is -0.779. The van der Waals surface area contributed by atoms with E-state index in [-0.39, 0.29) is 17.2 Å². The van der Waals surface area contributed by atoms with Crippen LogP contribution in [-0.2, 0) is 18.3 Å². The first kappa shape index (κ1) is 22.6. The monoisotopic (exact) mass is 458 g/mol. The van der Waals surface area contributed by atoms with Crippen LogP contribution in [0, 0.1) is 13.8 Å². The highest BCUT2D eigenvalue weighted by Crippen LogP contribution is 2.18. The summed E-state index contributed by atoms with van der Waals surface area (Å²) in [6, 6.07) is 5.52. The van der Waals surface area contributed by atoms with Gasteiger partial charge in [-0.05, 0) is 43.5 Å². The van der Waals surface area contributed by atoms with Crippen LogP contribution < -0.4 is 16.2 Å². The Balaban J connectivity index is 1.65. The number of amides is 2. The number of hydrogen-bond acceptors (Lipinski definition) is 8. The SMILES string of the molecule is CCc1nnc(NC(=O)CSc2ncc(C(=O)Nc3ccc(C)c(C)c3)c(=O)n2C)s1. The van der Waals surface area contributed by atoms with Gasteiger partial charge >= 0.3 is 0 Å². The Morgan fingerprint density at radius 2 is 1.94 bits per heavy atom. The molecule has 9 nitrogen and oxygen atoms in total. The van der Waals surface area contributed by atoms with Crippen molar-refractivity contribution in [1.82, 2.24) is 19.7 Å². The molecule has 2 N–H and O–H groups in total. The van der Waals surface area contributed by atoms with E-state index in [0.717, 1.165) is 34.3 Å². The second-order valence-electron chi connectivity index (χ2n) is 6.76. The molecule has 11 heteroatoms. The number of rotatable bonds is 7. The van der Waals surface area contributed by atoms with Crippen molar-refractivity contribution in [3.8, 4) is 0 Å². The van der Waals surface area contributed by atoms with E-state index < -0.39 is 11.5 Å². The Kier molecular flexibility index (Phi) is 7.18. The van der Waals surface area contributed by atoms with Gasteiger partial charge < -0.3 is 5.32 Å². The standard InChI is InChI=1S/C20H22N6O3S2/c1-5-16-24-25-19(31-16)23-15(27)10-30-20-21-9-14(18(29)26(20)4)17(28)22-13-7-6-11(2)12(3)8-13/h6-9H,5,10H2,1-4H3,(H,22,28)(H,23,25,27). The third-order valence-electron chi connectivity index (χ3n) is 4.48. The molecule has 2 amide bonds. The maximum absolute atomic E-state index is 12.6. The van der Waals surface area contributed by atoms with Gasteiger partial charge in [0, 0.05) is 18.9 Å². The minimum atomic E-state index is -0.534. The van der Waals surface area contributed by atoms with Crippen molar-refractivity contribution >= 4 is 45.7 Å². The second-order valence-corrected chi connectivity index (χ2v) is 8.77. The number of carbonyl (C=O) groups excluding carboxylic acids is 2. The Morgan fingerprint density at radius 3 is 2.61 bits per heavy atom. The van der Waals surface area contributed by atoms with Gasteiger partial charge in [-0.3, -0.25) is 24.3 Å². The maximum Gasteiger partial charge on any atom is 0.266 e. The molecule has 1 aromatic carbocycles. The van der Waals surface area contributed by atoms with E-state index in [1.54, 1.807) is 6.07 Å². The fraction of sp³-hybridized carbons (Fsp3) is 0.300. The van der Waals surface area contributed by atoms with Gasteiger partial charge in [0.05, 0.1) is 5.75 Å². The lowest BCUT2D eigenvalue weighted by molar-refractivity contribution is -0.113. The fourth-order valence-electron chi connectivity index (χ4n) is 2.57. The lowest BCUT2D eigenvalue weighted by Crippen LogP contribution is -2.29. The van der Waals surface area contributed by atoms with Gasteiger partial charge in [0.2, 0.25) is 11.0 Å². The van der Waals surface area contributed by atoms with Crippen molar-refractivity contribution in [1.29, 1.82) is 0 Å². The van der Waals surface area contributed by atoms with Crippen LogP contribution in [0.25, 0.3) is 0 Å². The summed E-state index contributed by atoms with van der Waals surface area (Å²) in [5.41, 5.74) is 2.19. The van der Waals surface area contributed by atoms with Crippen LogP contribution in [0.1, 0.15) is 33.4 Å². The number of nitrogens with zero attached hydrogens (tertiary/aromatic N) is 4. The number of carbonyl (C=O) groups is 2. The number of aromatic nitrogens is 4. The van der Waals surface area contributed by atoms with Crippen LogP contribution in [-0.4, -0.2) is 37.3 Å². The predicted octanol–water partition coefficient (Wildman–Crippen LogP) is 2.79. The Bertz CT molecular complexity index is 1190. The van der Waals surface area contributed by atoms with Crippen molar-refractivity contribution in [2.45, 2.75) is 32.3 Å². The smallest absolute Gasteiger partial charge is 0.266 e. The molecule has 0 radical (unpaired) electrons. The van der Waals surface area contributed by atoms with Gasteiger partial charge in [0.1, 0.15) is 10.6 Å². The molecule has 0 unspecified atom stereocenters. The minimum absolute atomic E-state index is 0.0372. The van der Waals surface area contributed by atoms with E-state index >= 15 is 0 Å². The van der Waals surface area contributed by atoms with Crippen LogP contribution in [0.5, 0.6) is 0 Å². The maximum atomic E-state index is 12.6. The first-order chi connectivity index (χ1) is 14.8. The molecule has 0 aliphatic rings. The number of anilines is 2. The second kappa shape index (κ2) is 9.84. The van der Waals surface area contributed by atoms with Gasteiger partial charge in [-0.15, -0.1) is 10.2 Å². The van der Waals surface area contributed by atoms with Gasteiger partial charge in [-0.25, -0.2) is 4.98 Å². The predicted molar refractivity (Wildman–Crippen MR) is 122 cm³/mol. The van der Waals surface area contributed by atoms with Crippen molar-refractivity contribution in [3.05, 3.63) is 56.4 Å². The third-order valence-corrected chi connectivity index (χ3v) is 6.51. The average Bonchev–Trinajstić information content (AvgIpc) is 3.19. The number of nitrogens with one attached hydrogen (secondary N) is 2. The summed E-state index contributed by atoms with van der Waals surface area (Å²) < 4.78 is 1.26. The van der Waals surface area contributed by atoms with Crippen LogP contribution >= 0.6 is 23.1 Å². The summed E-state index contributed by atoms with van der Waals surface area (Å²) in [6.07, 6.45) is 1.98. The van der Waals surface area contributed by atoms with Crippen molar-refractivity contribution in [3.63, 3.8) is 0 Å². The van der Waals surface area contributed by atoms with Gasteiger partial charge in [0.15, 0.2) is 5.16 Å². The number of hydrogen-bond donors (Lipinski definition) is 2. The quantitative estimate of drug-likeness (QED) is 0.413. The van der Waals surface area contributed by atoms with Crippen molar-refractivity contribution in [2.75, 3.05) is 16.4 Å². The molecule has 2 aromatic heterocycles. The first-order valence-corrected chi connectivity index (χ1v) is 11.3. The Morgan fingerprint density at radius 1 is 1.16 bits per heavy atom. The molecule has 0 atom stereocenters. The van der Waals surface area contributed by atoms with Crippen molar-refractivity contribution in [2.24, 2.45) is 7.05 Å². The van der Waals surface area contributed by atoms with E-state index in [0.29, 0.717) is 16.0 Å². The zero-order valence-corrected chi connectivity index (χ0v) is 19.2. The molecule has 0 aliphatic heterocycles. The summed E-state index contributed by atoms with van der Waals surface area (Å²) in [5, 5.41) is 14.8. The normalized spacial score (nSPS) is 10.7. The number of aryl methyl sites for hydroxylation is 3. The molecule has 3 aromatic rings. The largest absolute Gasteiger partial charge is 0.322 e.